The summed E-state index contributed by atoms with van der Waals surface area (Å²) in [6.07, 6.45) is 11.9. The van der Waals surface area contributed by atoms with Crippen molar-refractivity contribution in [2.75, 3.05) is 32.8 Å². The van der Waals surface area contributed by atoms with Crippen LogP contribution >= 0.6 is 0 Å². The molecule has 0 atom stereocenters. The van der Waals surface area contributed by atoms with Crippen molar-refractivity contribution in [2.24, 2.45) is 5.92 Å². The number of carbonyl (C=O) groups is 1. The number of rotatable bonds is 9. The highest BCUT2D eigenvalue weighted by atomic mass is 16.5. The van der Waals surface area contributed by atoms with Crippen LogP contribution in [0.15, 0.2) is 42.0 Å². The van der Waals surface area contributed by atoms with E-state index in [1.54, 1.807) is 0 Å². The van der Waals surface area contributed by atoms with Crippen molar-refractivity contribution >= 4 is 16.8 Å². The third kappa shape index (κ3) is 5.64. The van der Waals surface area contributed by atoms with Crippen molar-refractivity contribution < 1.29 is 9.53 Å². The zero-order valence-corrected chi connectivity index (χ0v) is 21.2. The number of carbonyl (C=O) groups excluding carboxylic acids is 1. The first-order valence-electron chi connectivity index (χ1n) is 13.2. The monoisotopic (exact) mass is 463 g/mol. The van der Waals surface area contributed by atoms with Crippen molar-refractivity contribution in [3.05, 3.63) is 58.8 Å². The standard InChI is InChI=1S/C29H41N3O2/c1-4-8-23(9-6-7-18-34-5-2)21-32-27-11-10-24(29(33)31-16-13-22(3)14-17-31)19-25(27)26-20-30-15-12-28(26)32/h6-8,10-11,19,22,30H,4-5,9,12-18,20-21H2,1-3H3/b7-6-,23-8+. The Hall–Kier alpha value is -2.37. The molecular formula is C29H41N3O2. The summed E-state index contributed by atoms with van der Waals surface area (Å²) in [6, 6.07) is 6.38. The van der Waals surface area contributed by atoms with Crippen molar-refractivity contribution in [2.45, 2.75) is 66.0 Å². The van der Waals surface area contributed by atoms with E-state index in [2.05, 4.69) is 54.1 Å². The number of nitrogens with zero attached hydrogens (tertiary/aromatic N) is 2. The number of fused-ring (bicyclic) bond motifs is 3. The van der Waals surface area contributed by atoms with Gasteiger partial charge in [-0.25, -0.2) is 0 Å². The third-order valence-electron chi connectivity index (χ3n) is 7.26. The fourth-order valence-corrected chi connectivity index (χ4v) is 5.28. The fraction of sp³-hybridized carbons (Fsp3) is 0.552. The Morgan fingerprint density at radius 3 is 2.79 bits per heavy atom. The van der Waals surface area contributed by atoms with Crippen molar-refractivity contribution in [1.82, 2.24) is 14.8 Å². The van der Waals surface area contributed by atoms with Gasteiger partial charge in [0.25, 0.3) is 5.91 Å². The lowest BCUT2D eigenvalue weighted by atomic mass is 9.98. The minimum absolute atomic E-state index is 0.185. The smallest absolute Gasteiger partial charge is 0.253 e. The molecule has 0 radical (unpaired) electrons. The number of benzene rings is 1. The molecule has 1 fully saturated rings. The molecule has 5 heteroatoms. The molecule has 2 aliphatic rings. The maximum absolute atomic E-state index is 13.3. The van der Waals surface area contributed by atoms with E-state index in [1.165, 1.54) is 27.7 Å². The Balaban J connectivity index is 1.61. The summed E-state index contributed by atoms with van der Waals surface area (Å²) in [5.41, 5.74) is 6.29. The molecule has 1 N–H and O–H groups in total. The van der Waals surface area contributed by atoms with E-state index in [1.807, 2.05) is 17.9 Å². The number of piperidine rings is 1. The van der Waals surface area contributed by atoms with Gasteiger partial charge in [-0.2, -0.15) is 0 Å². The molecular weight excluding hydrogens is 422 g/mol. The Kier molecular flexibility index (Phi) is 8.63. The summed E-state index contributed by atoms with van der Waals surface area (Å²) in [5, 5.41) is 4.78. The largest absolute Gasteiger partial charge is 0.378 e. The summed E-state index contributed by atoms with van der Waals surface area (Å²) < 4.78 is 7.94. The molecule has 1 aromatic heterocycles. The number of ether oxygens (including phenoxy) is 1. The molecule has 5 nitrogen and oxygen atoms in total. The van der Waals surface area contributed by atoms with Gasteiger partial charge in [-0.1, -0.05) is 37.6 Å². The number of amides is 1. The Bertz CT molecular complexity index is 1040. The average Bonchev–Trinajstić information content (AvgIpc) is 3.17. The van der Waals surface area contributed by atoms with E-state index in [-0.39, 0.29) is 5.91 Å². The van der Waals surface area contributed by atoms with Gasteiger partial charge in [0.15, 0.2) is 0 Å². The minimum atomic E-state index is 0.185. The first-order chi connectivity index (χ1) is 16.6. The SMILES string of the molecule is CC/C=C(\C/C=C\COCC)Cn1c2c(c3cc(C(=O)N4CCC(C)CC4)ccc31)CNCC2. The van der Waals surface area contributed by atoms with Gasteiger partial charge in [0, 0.05) is 67.9 Å². The van der Waals surface area contributed by atoms with Crippen molar-refractivity contribution in [3.63, 3.8) is 0 Å². The van der Waals surface area contributed by atoms with E-state index in [4.69, 9.17) is 4.74 Å². The Morgan fingerprint density at radius 2 is 2.03 bits per heavy atom. The van der Waals surface area contributed by atoms with Crippen LogP contribution in [0.3, 0.4) is 0 Å². The second-order valence-corrected chi connectivity index (χ2v) is 9.75. The number of nitrogens with one attached hydrogen (secondary N) is 1. The van der Waals surface area contributed by atoms with Gasteiger partial charge in [-0.15, -0.1) is 0 Å². The molecule has 0 aliphatic carbocycles. The quantitative estimate of drug-likeness (QED) is 0.396. The fourth-order valence-electron chi connectivity index (χ4n) is 5.28. The normalized spacial score (nSPS) is 17.6. The zero-order valence-electron chi connectivity index (χ0n) is 21.2. The molecule has 0 saturated carbocycles. The molecule has 1 aromatic carbocycles. The van der Waals surface area contributed by atoms with Crippen LogP contribution in [0.25, 0.3) is 10.9 Å². The molecule has 34 heavy (non-hydrogen) atoms. The van der Waals surface area contributed by atoms with Gasteiger partial charge >= 0.3 is 0 Å². The molecule has 2 aliphatic heterocycles. The van der Waals surface area contributed by atoms with Gasteiger partial charge in [-0.05, 0) is 62.3 Å². The summed E-state index contributed by atoms with van der Waals surface area (Å²) >= 11 is 0. The number of likely N-dealkylation sites (tertiary alicyclic amines) is 1. The number of hydrogen-bond donors (Lipinski definition) is 1. The summed E-state index contributed by atoms with van der Waals surface area (Å²) in [6.45, 7) is 12.5. The lowest BCUT2D eigenvalue weighted by Gasteiger charge is -2.30. The molecule has 2 aromatic rings. The van der Waals surface area contributed by atoms with Gasteiger partial charge in [-0.3, -0.25) is 4.79 Å². The molecule has 0 unspecified atom stereocenters. The molecule has 1 amide bonds. The zero-order chi connectivity index (χ0) is 23.9. The molecule has 3 heterocycles. The highest BCUT2D eigenvalue weighted by molar-refractivity contribution is 5.99. The van der Waals surface area contributed by atoms with Crippen LogP contribution in [-0.4, -0.2) is 48.2 Å². The maximum atomic E-state index is 13.3. The highest BCUT2D eigenvalue weighted by Gasteiger charge is 2.24. The lowest BCUT2D eigenvalue weighted by molar-refractivity contribution is 0.0697. The van der Waals surface area contributed by atoms with Crippen LogP contribution in [0.2, 0.25) is 0 Å². The van der Waals surface area contributed by atoms with E-state index in [9.17, 15) is 4.79 Å². The number of allylic oxidation sites excluding steroid dienone is 3. The van der Waals surface area contributed by atoms with Gasteiger partial charge in [0.05, 0.1) is 6.61 Å². The molecule has 1 saturated heterocycles. The van der Waals surface area contributed by atoms with Gasteiger partial charge < -0.3 is 19.5 Å². The Morgan fingerprint density at radius 1 is 1.21 bits per heavy atom. The van der Waals surface area contributed by atoms with E-state index in [0.29, 0.717) is 6.61 Å². The Labute approximate surface area is 204 Å². The van der Waals surface area contributed by atoms with Gasteiger partial charge in [0.1, 0.15) is 0 Å². The van der Waals surface area contributed by atoms with E-state index >= 15 is 0 Å². The number of aromatic nitrogens is 1. The van der Waals surface area contributed by atoms with Crippen LogP contribution in [-0.2, 0) is 24.2 Å². The van der Waals surface area contributed by atoms with Crippen LogP contribution < -0.4 is 5.32 Å². The third-order valence-corrected chi connectivity index (χ3v) is 7.26. The molecule has 184 valence electrons. The molecule has 4 rings (SSSR count). The maximum Gasteiger partial charge on any atom is 0.253 e. The van der Waals surface area contributed by atoms with Crippen LogP contribution in [0, 0.1) is 5.92 Å². The molecule has 0 bridgehead atoms. The second-order valence-electron chi connectivity index (χ2n) is 9.75. The number of hydrogen-bond acceptors (Lipinski definition) is 3. The predicted molar refractivity (Wildman–Crippen MR) is 140 cm³/mol. The van der Waals surface area contributed by atoms with Crippen molar-refractivity contribution in [1.29, 1.82) is 0 Å². The predicted octanol–water partition coefficient (Wildman–Crippen LogP) is 5.48. The van der Waals surface area contributed by atoms with Crippen LogP contribution in [0.1, 0.15) is 68.1 Å². The minimum Gasteiger partial charge on any atom is -0.378 e. The average molecular weight is 464 g/mol. The van der Waals surface area contributed by atoms with Crippen LogP contribution in [0.5, 0.6) is 0 Å². The first kappa shape index (κ1) is 24.7. The van der Waals surface area contributed by atoms with Crippen LogP contribution in [0.4, 0.5) is 0 Å². The summed E-state index contributed by atoms with van der Waals surface area (Å²) in [7, 11) is 0. The van der Waals surface area contributed by atoms with E-state index < -0.39 is 0 Å². The van der Waals surface area contributed by atoms with Gasteiger partial charge in [0.2, 0.25) is 0 Å². The van der Waals surface area contributed by atoms with E-state index in [0.717, 1.165) is 82.9 Å². The first-order valence-corrected chi connectivity index (χ1v) is 13.2. The summed E-state index contributed by atoms with van der Waals surface area (Å²) in [4.78, 5) is 15.3. The second kappa shape index (κ2) is 11.9. The highest BCUT2D eigenvalue weighted by Crippen LogP contribution is 2.31. The topological polar surface area (TPSA) is 46.5 Å². The van der Waals surface area contributed by atoms with Crippen molar-refractivity contribution in [3.8, 4) is 0 Å². The molecule has 0 spiro atoms. The lowest BCUT2D eigenvalue weighted by Crippen LogP contribution is -2.37. The summed E-state index contributed by atoms with van der Waals surface area (Å²) in [5.74, 6) is 0.906.